The average molecular weight is 204 g/mol. The zero-order chi connectivity index (χ0) is 10.1. The van der Waals surface area contributed by atoms with Crippen LogP contribution in [0.4, 0.5) is 0 Å². The standard InChI is InChI=1S/C12H16N2O/c1-4-12(5-2-8-14(12)7-1)6-3-11-9-13-10-15-11/h3,6,9-10H,1-2,4-5,7-8H2/b6-3+. The number of oxazole rings is 1. The first-order chi connectivity index (χ1) is 7.39. The molecular weight excluding hydrogens is 188 g/mol. The number of fused-ring (bicyclic) bond motifs is 1. The highest BCUT2D eigenvalue weighted by Crippen LogP contribution is 2.40. The third-order valence-corrected chi connectivity index (χ3v) is 3.71. The fourth-order valence-electron chi connectivity index (χ4n) is 2.97. The molecule has 0 atom stereocenters. The van der Waals surface area contributed by atoms with E-state index >= 15 is 0 Å². The maximum Gasteiger partial charge on any atom is 0.181 e. The van der Waals surface area contributed by atoms with Gasteiger partial charge in [0.1, 0.15) is 5.76 Å². The van der Waals surface area contributed by atoms with Crippen molar-refractivity contribution in [2.75, 3.05) is 13.1 Å². The van der Waals surface area contributed by atoms with E-state index < -0.39 is 0 Å². The van der Waals surface area contributed by atoms with Crippen molar-refractivity contribution >= 4 is 6.08 Å². The van der Waals surface area contributed by atoms with Crippen LogP contribution in [-0.2, 0) is 0 Å². The molecule has 0 radical (unpaired) electrons. The molecule has 0 amide bonds. The van der Waals surface area contributed by atoms with Crippen molar-refractivity contribution in [3.63, 3.8) is 0 Å². The lowest BCUT2D eigenvalue weighted by Crippen LogP contribution is -2.35. The van der Waals surface area contributed by atoms with Gasteiger partial charge in [-0.3, -0.25) is 4.90 Å². The van der Waals surface area contributed by atoms with Crippen LogP contribution >= 0.6 is 0 Å². The highest BCUT2D eigenvalue weighted by Gasteiger charge is 2.41. The summed E-state index contributed by atoms with van der Waals surface area (Å²) in [4.78, 5) is 6.53. The average Bonchev–Trinajstić information content (AvgIpc) is 2.91. The minimum Gasteiger partial charge on any atom is -0.444 e. The Hall–Kier alpha value is -1.09. The van der Waals surface area contributed by atoms with Gasteiger partial charge in [0.2, 0.25) is 0 Å². The Bertz CT molecular complexity index is 346. The summed E-state index contributed by atoms with van der Waals surface area (Å²) in [6, 6.07) is 0. The maximum atomic E-state index is 5.22. The van der Waals surface area contributed by atoms with Crippen molar-refractivity contribution in [3.8, 4) is 0 Å². The minimum atomic E-state index is 0.340. The van der Waals surface area contributed by atoms with Gasteiger partial charge < -0.3 is 4.42 Å². The van der Waals surface area contributed by atoms with E-state index in [1.165, 1.54) is 45.2 Å². The summed E-state index contributed by atoms with van der Waals surface area (Å²) in [6.07, 6.45) is 12.9. The highest BCUT2D eigenvalue weighted by atomic mass is 16.3. The molecule has 2 fully saturated rings. The molecule has 2 saturated heterocycles. The molecular formula is C12H16N2O. The normalized spacial score (nSPS) is 25.1. The lowest BCUT2D eigenvalue weighted by molar-refractivity contribution is 0.251. The molecule has 2 aliphatic rings. The molecule has 15 heavy (non-hydrogen) atoms. The largest absolute Gasteiger partial charge is 0.444 e. The molecule has 0 spiro atoms. The van der Waals surface area contributed by atoms with Crippen LogP contribution in [0.1, 0.15) is 31.4 Å². The van der Waals surface area contributed by atoms with Crippen molar-refractivity contribution in [1.29, 1.82) is 0 Å². The molecule has 3 heterocycles. The van der Waals surface area contributed by atoms with Gasteiger partial charge in [0.25, 0.3) is 0 Å². The van der Waals surface area contributed by atoms with Crippen LogP contribution < -0.4 is 0 Å². The maximum absolute atomic E-state index is 5.22. The number of aromatic nitrogens is 1. The van der Waals surface area contributed by atoms with Crippen LogP contribution in [0.15, 0.2) is 23.1 Å². The Morgan fingerprint density at radius 3 is 2.80 bits per heavy atom. The highest BCUT2D eigenvalue weighted by molar-refractivity contribution is 5.44. The van der Waals surface area contributed by atoms with E-state index in [-0.39, 0.29) is 0 Å². The van der Waals surface area contributed by atoms with Crippen molar-refractivity contribution in [3.05, 3.63) is 24.4 Å². The molecule has 0 saturated carbocycles. The van der Waals surface area contributed by atoms with Crippen molar-refractivity contribution in [2.24, 2.45) is 0 Å². The van der Waals surface area contributed by atoms with Gasteiger partial charge in [0.05, 0.1) is 6.20 Å². The number of rotatable bonds is 2. The fourth-order valence-corrected chi connectivity index (χ4v) is 2.97. The first kappa shape index (κ1) is 9.16. The van der Waals surface area contributed by atoms with Gasteiger partial charge in [0, 0.05) is 5.54 Å². The molecule has 3 heteroatoms. The van der Waals surface area contributed by atoms with E-state index in [0.29, 0.717) is 5.54 Å². The molecule has 0 unspecified atom stereocenters. The zero-order valence-electron chi connectivity index (χ0n) is 8.85. The molecule has 0 bridgehead atoms. The second-order valence-corrected chi connectivity index (χ2v) is 4.53. The van der Waals surface area contributed by atoms with E-state index in [2.05, 4.69) is 22.0 Å². The number of hydrogen-bond acceptors (Lipinski definition) is 3. The molecule has 0 aliphatic carbocycles. The third-order valence-electron chi connectivity index (χ3n) is 3.71. The summed E-state index contributed by atoms with van der Waals surface area (Å²) < 4.78 is 5.22. The Balaban J connectivity index is 1.81. The first-order valence-electron chi connectivity index (χ1n) is 5.72. The van der Waals surface area contributed by atoms with Crippen molar-refractivity contribution in [2.45, 2.75) is 31.2 Å². The van der Waals surface area contributed by atoms with E-state index in [1.54, 1.807) is 6.20 Å². The SMILES string of the molecule is C(=C\C12CCCN1CCC2)/c1cnco1. The second kappa shape index (κ2) is 3.49. The lowest BCUT2D eigenvalue weighted by atomic mass is 9.93. The summed E-state index contributed by atoms with van der Waals surface area (Å²) >= 11 is 0. The number of nitrogens with zero attached hydrogens (tertiary/aromatic N) is 2. The predicted molar refractivity (Wildman–Crippen MR) is 58.3 cm³/mol. The van der Waals surface area contributed by atoms with Gasteiger partial charge in [0.15, 0.2) is 6.39 Å². The van der Waals surface area contributed by atoms with Gasteiger partial charge in [-0.1, -0.05) is 6.08 Å². The Morgan fingerprint density at radius 1 is 1.33 bits per heavy atom. The van der Waals surface area contributed by atoms with Gasteiger partial charge in [-0.05, 0) is 44.8 Å². The van der Waals surface area contributed by atoms with Crippen LogP contribution in [0.5, 0.6) is 0 Å². The van der Waals surface area contributed by atoms with Crippen LogP contribution in [0.25, 0.3) is 6.08 Å². The zero-order valence-corrected chi connectivity index (χ0v) is 8.85. The lowest BCUT2D eigenvalue weighted by Gasteiger charge is -2.28. The topological polar surface area (TPSA) is 29.3 Å². The van der Waals surface area contributed by atoms with Crippen molar-refractivity contribution in [1.82, 2.24) is 9.88 Å². The monoisotopic (exact) mass is 204 g/mol. The summed E-state index contributed by atoms with van der Waals surface area (Å²) in [7, 11) is 0. The van der Waals surface area contributed by atoms with E-state index in [4.69, 9.17) is 4.42 Å². The van der Waals surface area contributed by atoms with Crippen LogP contribution in [0, 0.1) is 0 Å². The van der Waals surface area contributed by atoms with E-state index in [1.807, 2.05) is 0 Å². The molecule has 0 aromatic carbocycles. The summed E-state index contributed by atoms with van der Waals surface area (Å²) in [6.45, 7) is 2.53. The Kier molecular flexibility index (Phi) is 2.13. The van der Waals surface area contributed by atoms with Crippen LogP contribution in [-0.4, -0.2) is 28.5 Å². The first-order valence-corrected chi connectivity index (χ1v) is 5.72. The molecule has 80 valence electrons. The molecule has 1 aromatic rings. The smallest absolute Gasteiger partial charge is 0.181 e. The van der Waals surface area contributed by atoms with E-state index in [0.717, 1.165) is 5.76 Å². The predicted octanol–water partition coefficient (Wildman–Crippen LogP) is 2.32. The van der Waals surface area contributed by atoms with Gasteiger partial charge in [-0.2, -0.15) is 0 Å². The van der Waals surface area contributed by atoms with Gasteiger partial charge >= 0.3 is 0 Å². The summed E-state index contributed by atoms with van der Waals surface area (Å²) in [5.41, 5.74) is 0.340. The third kappa shape index (κ3) is 1.51. The Morgan fingerprint density at radius 2 is 2.13 bits per heavy atom. The van der Waals surface area contributed by atoms with Crippen LogP contribution in [0.3, 0.4) is 0 Å². The van der Waals surface area contributed by atoms with Crippen molar-refractivity contribution < 1.29 is 4.42 Å². The Labute approximate surface area is 89.8 Å². The van der Waals surface area contributed by atoms with E-state index in [9.17, 15) is 0 Å². The molecule has 1 aromatic heterocycles. The quantitative estimate of drug-likeness (QED) is 0.740. The molecule has 3 rings (SSSR count). The molecule has 0 N–H and O–H groups in total. The van der Waals surface area contributed by atoms with Crippen LogP contribution in [0.2, 0.25) is 0 Å². The molecule has 3 nitrogen and oxygen atoms in total. The van der Waals surface area contributed by atoms with Gasteiger partial charge in [-0.25, -0.2) is 4.98 Å². The fraction of sp³-hybridized carbons (Fsp3) is 0.583. The minimum absolute atomic E-state index is 0.340. The summed E-state index contributed by atoms with van der Waals surface area (Å²) in [5, 5.41) is 0. The summed E-state index contributed by atoms with van der Waals surface area (Å²) in [5.74, 6) is 0.864. The molecule has 2 aliphatic heterocycles. The number of hydrogen-bond donors (Lipinski definition) is 0. The second-order valence-electron chi connectivity index (χ2n) is 4.53. The van der Waals surface area contributed by atoms with Gasteiger partial charge in [-0.15, -0.1) is 0 Å².